The number of anilines is 2. The molecule has 1 aromatic heterocycles. The molecule has 0 bridgehead atoms. The van der Waals surface area contributed by atoms with Gasteiger partial charge in [-0.05, 0) is 19.1 Å². The largest absolute Gasteiger partial charge is 0.384 e. The number of aromatic nitrogens is 2. The highest BCUT2D eigenvalue weighted by atomic mass is 32.2. The van der Waals surface area contributed by atoms with Gasteiger partial charge in [-0.15, -0.1) is 0 Å². The second-order valence-electron chi connectivity index (χ2n) is 4.40. The van der Waals surface area contributed by atoms with Gasteiger partial charge in [0.05, 0.1) is 0 Å². The third kappa shape index (κ3) is 3.77. The van der Waals surface area contributed by atoms with Crippen LogP contribution in [0.25, 0.3) is 0 Å². The Kier molecular flexibility index (Phi) is 5.72. The molecule has 0 saturated carbocycles. The molecule has 5 heteroatoms. The van der Waals surface area contributed by atoms with Crippen LogP contribution in [0.3, 0.4) is 0 Å². The van der Waals surface area contributed by atoms with Crippen LogP contribution in [-0.4, -0.2) is 27.5 Å². The molecule has 0 atom stereocenters. The molecule has 0 spiro atoms. The molecule has 102 valence electrons. The third-order valence-electron chi connectivity index (χ3n) is 3.42. The van der Waals surface area contributed by atoms with Gasteiger partial charge in [0, 0.05) is 23.8 Å². The van der Waals surface area contributed by atoms with E-state index in [1.807, 2.05) is 18.7 Å². The minimum absolute atomic E-state index is 0.270. The van der Waals surface area contributed by atoms with Crippen LogP contribution in [-0.2, 0) is 6.42 Å². The van der Waals surface area contributed by atoms with Gasteiger partial charge in [-0.25, -0.2) is 9.97 Å². The lowest BCUT2D eigenvalue weighted by molar-refractivity contribution is 0.573. The molecule has 1 aromatic rings. The predicted molar refractivity (Wildman–Crippen MR) is 81.1 cm³/mol. The van der Waals surface area contributed by atoms with E-state index in [1.165, 1.54) is 0 Å². The van der Waals surface area contributed by atoms with E-state index in [4.69, 9.17) is 5.73 Å². The zero-order chi connectivity index (χ0) is 13.6. The fourth-order valence-corrected chi connectivity index (χ4v) is 2.67. The summed E-state index contributed by atoms with van der Waals surface area (Å²) < 4.78 is 0.270. The first-order valence-electron chi connectivity index (χ1n) is 6.51. The summed E-state index contributed by atoms with van der Waals surface area (Å²) in [5.74, 6) is 2.16. The van der Waals surface area contributed by atoms with E-state index in [1.54, 1.807) is 6.07 Å². The van der Waals surface area contributed by atoms with Crippen molar-refractivity contribution in [2.45, 2.75) is 44.8 Å². The highest BCUT2D eigenvalue weighted by molar-refractivity contribution is 8.00. The van der Waals surface area contributed by atoms with Crippen molar-refractivity contribution in [3.05, 3.63) is 11.9 Å². The number of aryl methyl sites for hydroxylation is 1. The maximum absolute atomic E-state index is 5.78. The van der Waals surface area contributed by atoms with Crippen LogP contribution in [0.15, 0.2) is 6.07 Å². The summed E-state index contributed by atoms with van der Waals surface area (Å²) in [4.78, 5) is 8.63. The number of hydrogen-bond acceptors (Lipinski definition) is 5. The van der Waals surface area contributed by atoms with E-state index >= 15 is 0 Å². The first-order valence-corrected chi connectivity index (χ1v) is 7.74. The van der Waals surface area contributed by atoms with Gasteiger partial charge < -0.3 is 11.1 Å². The Morgan fingerprint density at radius 2 is 1.94 bits per heavy atom. The number of nitrogen functional groups attached to an aromatic ring is 1. The Morgan fingerprint density at radius 3 is 2.44 bits per heavy atom. The first-order chi connectivity index (χ1) is 8.59. The van der Waals surface area contributed by atoms with Crippen molar-refractivity contribution in [3.63, 3.8) is 0 Å². The normalized spacial score (nSPS) is 11.6. The standard InChI is InChI=1S/C13H24N4S/c1-5-11-16-10(14)8-12(17-11)15-9-13(6-2,7-3)18-4/h8H,5-7,9H2,1-4H3,(H3,14,15,16,17). The average molecular weight is 268 g/mol. The van der Waals surface area contributed by atoms with Crippen LogP contribution in [0.5, 0.6) is 0 Å². The fraction of sp³-hybridized carbons (Fsp3) is 0.692. The number of nitrogens with two attached hydrogens (primary N) is 1. The zero-order valence-corrected chi connectivity index (χ0v) is 12.6. The summed E-state index contributed by atoms with van der Waals surface area (Å²) in [5, 5.41) is 3.40. The molecular formula is C13H24N4S. The molecular weight excluding hydrogens is 244 g/mol. The monoisotopic (exact) mass is 268 g/mol. The van der Waals surface area contributed by atoms with Crippen LogP contribution in [0.4, 0.5) is 11.6 Å². The van der Waals surface area contributed by atoms with Crippen LogP contribution in [0.1, 0.15) is 39.4 Å². The number of hydrogen-bond donors (Lipinski definition) is 2. The smallest absolute Gasteiger partial charge is 0.132 e. The number of nitrogens with zero attached hydrogens (tertiary/aromatic N) is 2. The summed E-state index contributed by atoms with van der Waals surface area (Å²) in [6.45, 7) is 7.39. The molecule has 0 aliphatic carbocycles. The Labute approximate surface area is 114 Å². The van der Waals surface area contributed by atoms with Crippen molar-refractivity contribution in [1.29, 1.82) is 0 Å². The predicted octanol–water partition coefficient (Wildman–Crippen LogP) is 2.95. The quantitative estimate of drug-likeness (QED) is 0.796. The van der Waals surface area contributed by atoms with Gasteiger partial charge in [-0.3, -0.25) is 0 Å². The fourth-order valence-electron chi connectivity index (χ4n) is 1.88. The summed E-state index contributed by atoms with van der Waals surface area (Å²) >= 11 is 1.91. The second-order valence-corrected chi connectivity index (χ2v) is 5.67. The van der Waals surface area contributed by atoms with Gasteiger partial charge >= 0.3 is 0 Å². The van der Waals surface area contributed by atoms with E-state index in [-0.39, 0.29) is 4.75 Å². The molecule has 1 heterocycles. The molecule has 0 unspecified atom stereocenters. The topological polar surface area (TPSA) is 63.8 Å². The Hall–Kier alpha value is -0.970. The first kappa shape index (κ1) is 15.1. The van der Waals surface area contributed by atoms with Crippen molar-refractivity contribution in [2.24, 2.45) is 0 Å². The molecule has 4 nitrogen and oxygen atoms in total. The Morgan fingerprint density at radius 1 is 1.28 bits per heavy atom. The zero-order valence-electron chi connectivity index (χ0n) is 11.8. The van der Waals surface area contributed by atoms with Gasteiger partial charge in [0.25, 0.3) is 0 Å². The van der Waals surface area contributed by atoms with Crippen molar-refractivity contribution in [1.82, 2.24) is 9.97 Å². The molecule has 0 fully saturated rings. The van der Waals surface area contributed by atoms with Gasteiger partial charge in [0.15, 0.2) is 0 Å². The lowest BCUT2D eigenvalue weighted by Crippen LogP contribution is -2.32. The highest BCUT2D eigenvalue weighted by Crippen LogP contribution is 2.30. The van der Waals surface area contributed by atoms with E-state index < -0.39 is 0 Å². The summed E-state index contributed by atoms with van der Waals surface area (Å²) in [6.07, 6.45) is 5.24. The molecule has 0 amide bonds. The van der Waals surface area contributed by atoms with Crippen LogP contribution >= 0.6 is 11.8 Å². The molecule has 18 heavy (non-hydrogen) atoms. The molecule has 0 radical (unpaired) electrons. The number of rotatable bonds is 7. The van der Waals surface area contributed by atoms with Crippen LogP contribution in [0, 0.1) is 0 Å². The van der Waals surface area contributed by atoms with Crippen molar-refractivity contribution >= 4 is 23.4 Å². The minimum atomic E-state index is 0.270. The number of thioether (sulfide) groups is 1. The molecule has 0 aliphatic heterocycles. The van der Waals surface area contributed by atoms with E-state index in [0.717, 1.165) is 37.4 Å². The molecule has 1 rings (SSSR count). The Bertz CT molecular complexity index is 369. The van der Waals surface area contributed by atoms with Gasteiger partial charge in [-0.1, -0.05) is 20.8 Å². The maximum atomic E-state index is 5.78. The lowest BCUT2D eigenvalue weighted by Gasteiger charge is -2.30. The second kappa shape index (κ2) is 6.83. The molecule has 0 aliphatic rings. The maximum Gasteiger partial charge on any atom is 0.132 e. The van der Waals surface area contributed by atoms with Gasteiger partial charge in [-0.2, -0.15) is 11.8 Å². The average Bonchev–Trinajstić information content (AvgIpc) is 2.40. The van der Waals surface area contributed by atoms with Crippen LogP contribution < -0.4 is 11.1 Å². The molecule has 0 aromatic carbocycles. The SMILES string of the molecule is CCc1nc(N)cc(NCC(CC)(CC)SC)n1. The molecule has 3 N–H and O–H groups in total. The van der Waals surface area contributed by atoms with Crippen LogP contribution in [0.2, 0.25) is 0 Å². The Balaban J connectivity index is 2.76. The highest BCUT2D eigenvalue weighted by Gasteiger charge is 2.24. The van der Waals surface area contributed by atoms with E-state index in [2.05, 4.69) is 35.4 Å². The van der Waals surface area contributed by atoms with E-state index in [9.17, 15) is 0 Å². The summed E-state index contributed by atoms with van der Waals surface area (Å²) in [6, 6.07) is 1.80. The number of nitrogens with one attached hydrogen (secondary N) is 1. The molecule has 0 saturated heterocycles. The van der Waals surface area contributed by atoms with Crippen molar-refractivity contribution in [3.8, 4) is 0 Å². The van der Waals surface area contributed by atoms with Gasteiger partial charge in [0.1, 0.15) is 17.5 Å². The third-order valence-corrected chi connectivity index (χ3v) is 5.01. The van der Waals surface area contributed by atoms with Gasteiger partial charge in [0.2, 0.25) is 0 Å². The van der Waals surface area contributed by atoms with E-state index in [0.29, 0.717) is 5.82 Å². The summed E-state index contributed by atoms with van der Waals surface area (Å²) in [5.41, 5.74) is 5.78. The minimum Gasteiger partial charge on any atom is -0.384 e. The van der Waals surface area contributed by atoms with Crippen molar-refractivity contribution in [2.75, 3.05) is 23.9 Å². The lowest BCUT2D eigenvalue weighted by atomic mass is 10.0. The van der Waals surface area contributed by atoms with Crippen molar-refractivity contribution < 1.29 is 0 Å². The summed E-state index contributed by atoms with van der Waals surface area (Å²) in [7, 11) is 0.